The van der Waals surface area contributed by atoms with Crippen LogP contribution in [0.25, 0.3) is 0 Å². The molecule has 0 bridgehead atoms. The molecule has 10 atom stereocenters. The summed E-state index contributed by atoms with van der Waals surface area (Å²) in [5.41, 5.74) is 0. The summed E-state index contributed by atoms with van der Waals surface area (Å²) in [6.45, 7) is 9.64. The zero-order valence-electron chi connectivity index (χ0n) is 21.1. The summed E-state index contributed by atoms with van der Waals surface area (Å²) >= 11 is 0. The van der Waals surface area contributed by atoms with E-state index in [0.29, 0.717) is 6.42 Å². The van der Waals surface area contributed by atoms with Crippen LogP contribution in [0.1, 0.15) is 54.9 Å². The van der Waals surface area contributed by atoms with E-state index in [0.717, 1.165) is 0 Å². The van der Waals surface area contributed by atoms with Crippen molar-refractivity contribution < 1.29 is 57.4 Å². The molecule has 0 saturated carbocycles. The number of ether oxygens (including phenoxy) is 7. The molecule has 200 valence electrons. The summed E-state index contributed by atoms with van der Waals surface area (Å²) in [7, 11) is 0. The van der Waals surface area contributed by atoms with Gasteiger partial charge in [-0.15, -0.1) is 0 Å². The maximum Gasteiger partial charge on any atom is 0.303 e. The van der Waals surface area contributed by atoms with Gasteiger partial charge in [0.15, 0.2) is 18.5 Å². The van der Waals surface area contributed by atoms with Crippen molar-refractivity contribution in [2.45, 2.75) is 104 Å². The third-order valence-electron chi connectivity index (χ3n) is 6.01. The zero-order valence-corrected chi connectivity index (χ0v) is 21.1. The largest absolute Gasteiger partial charge is 0.458 e. The average Bonchev–Trinajstić information content (AvgIpc) is 2.75. The minimum atomic E-state index is -1.21. The molecule has 2 rings (SSSR count). The van der Waals surface area contributed by atoms with Gasteiger partial charge in [0, 0.05) is 39.5 Å². The molecule has 2 heterocycles. The Hall–Kier alpha value is -2.28. The molecule has 0 radical (unpaired) electrons. The number of rotatable bonds is 8. The fourth-order valence-electron chi connectivity index (χ4n) is 4.47. The van der Waals surface area contributed by atoms with E-state index in [1.807, 2.05) is 13.8 Å². The fourth-order valence-corrected chi connectivity index (χ4v) is 4.47. The third-order valence-corrected chi connectivity index (χ3v) is 6.01. The lowest BCUT2D eigenvalue weighted by Crippen LogP contribution is -2.62. The molecule has 35 heavy (non-hydrogen) atoms. The van der Waals surface area contributed by atoms with Crippen molar-refractivity contribution in [2.24, 2.45) is 11.8 Å². The predicted molar refractivity (Wildman–Crippen MR) is 116 cm³/mol. The second kappa shape index (κ2) is 12.6. The monoisotopic (exact) mass is 504 g/mol. The zero-order chi connectivity index (χ0) is 26.4. The van der Waals surface area contributed by atoms with Crippen molar-refractivity contribution in [3.8, 4) is 0 Å². The van der Waals surface area contributed by atoms with Crippen molar-refractivity contribution in [2.75, 3.05) is 6.61 Å². The summed E-state index contributed by atoms with van der Waals surface area (Å²) in [4.78, 5) is 47.1. The van der Waals surface area contributed by atoms with Gasteiger partial charge in [0.25, 0.3) is 0 Å². The molecule has 2 saturated heterocycles. The first-order valence-corrected chi connectivity index (χ1v) is 11.7. The van der Waals surface area contributed by atoms with Gasteiger partial charge in [0.2, 0.25) is 6.29 Å². The van der Waals surface area contributed by atoms with Gasteiger partial charge < -0.3 is 38.3 Å². The van der Waals surface area contributed by atoms with Crippen LogP contribution in [0.15, 0.2) is 0 Å². The van der Waals surface area contributed by atoms with Gasteiger partial charge in [-0.1, -0.05) is 20.8 Å². The van der Waals surface area contributed by atoms with Gasteiger partial charge in [-0.25, -0.2) is 0 Å². The van der Waals surface area contributed by atoms with Crippen molar-refractivity contribution in [3.05, 3.63) is 0 Å². The fraction of sp³-hybridized carbons (Fsp3) is 0.826. The highest BCUT2D eigenvalue weighted by atomic mass is 16.8. The second-order valence-corrected chi connectivity index (χ2v) is 8.83. The van der Waals surface area contributed by atoms with Crippen LogP contribution in [0.4, 0.5) is 0 Å². The SMILES string of the molecule is CCC1O[C@H](O[C@H]2OC(CO)[C@@H](OC(C)=O)C(OC(C)=O)C2C)C(OC(C)=O)[C@@H](OC(C)=O)[C@@H]1C. The van der Waals surface area contributed by atoms with E-state index in [-0.39, 0.29) is 5.92 Å². The van der Waals surface area contributed by atoms with Crippen LogP contribution < -0.4 is 0 Å². The van der Waals surface area contributed by atoms with Crippen LogP contribution in [0.3, 0.4) is 0 Å². The topological polar surface area (TPSA) is 153 Å². The number of carbonyl (C=O) groups is 4. The van der Waals surface area contributed by atoms with E-state index in [4.69, 9.17) is 33.2 Å². The van der Waals surface area contributed by atoms with Gasteiger partial charge in [-0.05, 0) is 6.42 Å². The van der Waals surface area contributed by atoms with E-state index in [1.165, 1.54) is 27.7 Å². The van der Waals surface area contributed by atoms with Gasteiger partial charge in [0.1, 0.15) is 18.3 Å². The van der Waals surface area contributed by atoms with Crippen LogP contribution in [-0.4, -0.2) is 84.8 Å². The summed E-state index contributed by atoms with van der Waals surface area (Å²) in [6.07, 6.45) is -7.32. The number of carbonyl (C=O) groups excluding carboxylic acids is 4. The van der Waals surface area contributed by atoms with Gasteiger partial charge in [-0.2, -0.15) is 0 Å². The average molecular weight is 505 g/mol. The van der Waals surface area contributed by atoms with Crippen molar-refractivity contribution in [3.63, 3.8) is 0 Å². The minimum Gasteiger partial charge on any atom is -0.458 e. The Kier molecular flexibility index (Phi) is 10.4. The third kappa shape index (κ3) is 7.35. The number of hydrogen-bond donors (Lipinski definition) is 1. The molecule has 0 aromatic heterocycles. The van der Waals surface area contributed by atoms with Crippen molar-refractivity contribution >= 4 is 23.9 Å². The summed E-state index contributed by atoms with van der Waals surface area (Å²) < 4.78 is 39.7. The van der Waals surface area contributed by atoms with Crippen LogP contribution in [0.2, 0.25) is 0 Å². The standard InChI is InChI=1S/C23H36O12/c1-8-16-10(2)18(29-12(4)25)21(32-15(7)28)23(33-16)35-22-11(3)19(30-13(5)26)20(31-14(6)27)17(9-24)34-22/h10-11,16-24H,8-9H2,1-7H3/t10-,11?,16?,17?,18+,19?,20-,21?,22-,23-/m1/s1. The lowest BCUT2D eigenvalue weighted by Gasteiger charge is -2.48. The molecule has 0 spiro atoms. The summed E-state index contributed by atoms with van der Waals surface area (Å²) in [5, 5.41) is 9.89. The van der Waals surface area contributed by atoms with E-state index in [9.17, 15) is 24.3 Å². The first-order chi connectivity index (χ1) is 16.4. The Labute approximate surface area is 204 Å². The van der Waals surface area contributed by atoms with Gasteiger partial charge in [0.05, 0.1) is 12.7 Å². The van der Waals surface area contributed by atoms with Gasteiger partial charge in [-0.3, -0.25) is 19.2 Å². The molecule has 0 amide bonds. The van der Waals surface area contributed by atoms with Gasteiger partial charge >= 0.3 is 23.9 Å². The molecule has 5 unspecified atom stereocenters. The van der Waals surface area contributed by atoms with Crippen molar-refractivity contribution in [1.82, 2.24) is 0 Å². The molecule has 0 aromatic carbocycles. The highest BCUT2D eigenvalue weighted by Crippen LogP contribution is 2.37. The Bertz CT molecular complexity index is 770. The minimum absolute atomic E-state index is 0.315. The number of esters is 4. The molecule has 12 nitrogen and oxygen atoms in total. The summed E-state index contributed by atoms with van der Waals surface area (Å²) in [6, 6.07) is 0. The highest BCUT2D eigenvalue weighted by molar-refractivity contribution is 5.68. The van der Waals surface area contributed by atoms with Crippen molar-refractivity contribution in [1.29, 1.82) is 0 Å². The van der Waals surface area contributed by atoms with E-state index in [2.05, 4.69) is 0 Å². The van der Waals surface area contributed by atoms with E-state index < -0.39 is 85.6 Å². The molecular weight excluding hydrogens is 468 g/mol. The Balaban J connectivity index is 2.38. The molecule has 2 aliphatic heterocycles. The van der Waals surface area contributed by atoms with Crippen LogP contribution >= 0.6 is 0 Å². The molecular formula is C23H36O12. The quantitative estimate of drug-likeness (QED) is 0.368. The molecule has 0 aliphatic carbocycles. The maximum atomic E-state index is 11.9. The normalized spacial score (nSPS) is 37.1. The molecule has 12 heteroatoms. The lowest BCUT2D eigenvalue weighted by atomic mass is 9.88. The molecule has 0 aromatic rings. The molecule has 2 fully saturated rings. The Morgan fingerprint density at radius 1 is 0.657 bits per heavy atom. The smallest absolute Gasteiger partial charge is 0.303 e. The first-order valence-electron chi connectivity index (χ1n) is 11.7. The maximum absolute atomic E-state index is 11.9. The highest BCUT2D eigenvalue weighted by Gasteiger charge is 2.53. The Morgan fingerprint density at radius 2 is 1.09 bits per heavy atom. The van der Waals surface area contributed by atoms with Crippen LogP contribution in [0, 0.1) is 11.8 Å². The number of hydrogen-bond acceptors (Lipinski definition) is 12. The lowest BCUT2D eigenvalue weighted by molar-refractivity contribution is -0.364. The number of aliphatic hydroxyl groups excluding tert-OH is 1. The Morgan fingerprint density at radius 3 is 1.54 bits per heavy atom. The predicted octanol–water partition coefficient (Wildman–Crippen LogP) is 0.854. The summed E-state index contributed by atoms with van der Waals surface area (Å²) in [5.74, 6) is -3.47. The molecule has 1 N–H and O–H groups in total. The van der Waals surface area contributed by atoms with Crippen LogP contribution in [0.5, 0.6) is 0 Å². The molecule has 2 aliphatic rings. The van der Waals surface area contributed by atoms with E-state index in [1.54, 1.807) is 6.92 Å². The second-order valence-electron chi connectivity index (χ2n) is 8.83. The van der Waals surface area contributed by atoms with Crippen LogP contribution in [-0.2, 0) is 52.3 Å². The first kappa shape index (κ1) is 29.0. The number of aliphatic hydroxyl groups is 1. The van der Waals surface area contributed by atoms with E-state index >= 15 is 0 Å².